The summed E-state index contributed by atoms with van der Waals surface area (Å²) in [5, 5.41) is 19.8. The number of aromatic nitrogens is 4. The van der Waals surface area contributed by atoms with Crippen LogP contribution in [0.25, 0.3) is 21.5 Å². The first-order chi connectivity index (χ1) is 23.1. The van der Waals surface area contributed by atoms with Crippen LogP contribution < -0.4 is 10.2 Å². The van der Waals surface area contributed by atoms with Crippen LogP contribution in [0.2, 0.25) is 0 Å². The number of anilines is 1. The molecule has 2 amide bonds. The first kappa shape index (κ1) is 32.4. The third-order valence-corrected chi connectivity index (χ3v) is 8.27. The standard InChI is InChI=1S/C39H40N6O3/c1-27(36-41-42-43-44(36)23-22-28-12-6-5-7-13-28)45(34-21-20-31-15-9-11-17-33(31)26-34)37(46)35(40-38(47)48-39(2,3)4)25-29-18-19-30-14-8-10-16-32(30)24-29/h5-21,24,26-27,35H,22-23,25H2,1-4H3,(H,40,47)/t27?,35-/m1/s1. The van der Waals surface area contributed by atoms with Crippen molar-refractivity contribution in [2.75, 3.05) is 4.90 Å². The third-order valence-electron chi connectivity index (χ3n) is 8.27. The molecule has 9 nitrogen and oxygen atoms in total. The van der Waals surface area contributed by atoms with Crippen LogP contribution in [0.4, 0.5) is 10.5 Å². The molecular weight excluding hydrogens is 600 g/mol. The number of ether oxygens (including phenoxy) is 1. The highest BCUT2D eigenvalue weighted by Gasteiger charge is 2.34. The molecule has 0 saturated carbocycles. The van der Waals surface area contributed by atoms with Crippen LogP contribution in [0.3, 0.4) is 0 Å². The lowest BCUT2D eigenvalue weighted by Gasteiger charge is -2.33. The molecule has 1 unspecified atom stereocenters. The maximum atomic E-state index is 15.0. The van der Waals surface area contributed by atoms with Gasteiger partial charge in [-0.3, -0.25) is 4.79 Å². The number of nitrogens with zero attached hydrogens (tertiary/aromatic N) is 5. The molecule has 1 aromatic heterocycles. The predicted octanol–water partition coefficient (Wildman–Crippen LogP) is 7.45. The van der Waals surface area contributed by atoms with Crippen molar-refractivity contribution < 1.29 is 14.3 Å². The summed E-state index contributed by atoms with van der Waals surface area (Å²) in [5.41, 5.74) is 1.98. The van der Waals surface area contributed by atoms with E-state index in [-0.39, 0.29) is 12.3 Å². The Labute approximate surface area is 280 Å². The molecule has 0 aliphatic carbocycles. The average Bonchev–Trinajstić information content (AvgIpc) is 3.55. The maximum absolute atomic E-state index is 15.0. The Morgan fingerprint density at radius 1 is 0.792 bits per heavy atom. The van der Waals surface area contributed by atoms with Crippen LogP contribution in [-0.4, -0.2) is 43.9 Å². The van der Waals surface area contributed by atoms with E-state index in [1.165, 1.54) is 0 Å². The van der Waals surface area contributed by atoms with Gasteiger partial charge in [0, 0.05) is 18.7 Å². The van der Waals surface area contributed by atoms with Crippen molar-refractivity contribution in [1.82, 2.24) is 25.5 Å². The molecule has 6 rings (SSSR count). The molecule has 0 radical (unpaired) electrons. The fourth-order valence-electron chi connectivity index (χ4n) is 5.95. The van der Waals surface area contributed by atoms with Gasteiger partial charge in [-0.2, -0.15) is 0 Å². The Morgan fingerprint density at radius 3 is 2.10 bits per heavy atom. The van der Waals surface area contributed by atoms with E-state index in [1.807, 2.05) is 104 Å². The van der Waals surface area contributed by atoms with Crippen molar-refractivity contribution in [2.45, 2.75) is 64.8 Å². The van der Waals surface area contributed by atoms with Gasteiger partial charge < -0.3 is 15.0 Å². The zero-order chi connectivity index (χ0) is 33.7. The number of nitrogens with one attached hydrogen (secondary N) is 1. The van der Waals surface area contributed by atoms with E-state index < -0.39 is 23.8 Å². The fourth-order valence-corrected chi connectivity index (χ4v) is 5.95. The van der Waals surface area contributed by atoms with Crippen LogP contribution in [0, 0.1) is 0 Å². The summed E-state index contributed by atoms with van der Waals surface area (Å²) in [6.07, 6.45) is 0.305. The number of carbonyl (C=O) groups is 2. The Balaban J connectivity index is 1.39. The molecule has 244 valence electrons. The number of hydrogen-bond acceptors (Lipinski definition) is 6. The van der Waals surface area contributed by atoms with Crippen molar-refractivity contribution in [3.05, 3.63) is 132 Å². The molecule has 0 fully saturated rings. The summed E-state index contributed by atoms with van der Waals surface area (Å²) >= 11 is 0. The van der Waals surface area contributed by atoms with Crippen LogP contribution in [0.5, 0.6) is 0 Å². The first-order valence-electron chi connectivity index (χ1n) is 16.2. The van der Waals surface area contributed by atoms with Crippen molar-refractivity contribution in [3.63, 3.8) is 0 Å². The smallest absolute Gasteiger partial charge is 0.408 e. The monoisotopic (exact) mass is 640 g/mol. The van der Waals surface area contributed by atoms with E-state index in [0.717, 1.165) is 39.1 Å². The number of tetrazole rings is 1. The van der Waals surface area contributed by atoms with E-state index in [9.17, 15) is 9.59 Å². The minimum Gasteiger partial charge on any atom is -0.444 e. The average molecular weight is 641 g/mol. The molecule has 0 saturated heterocycles. The van der Waals surface area contributed by atoms with Crippen molar-refractivity contribution in [1.29, 1.82) is 0 Å². The summed E-state index contributed by atoms with van der Waals surface area (Å²) < 4.78 is 7.39. The molecule has 1 N–H and O–H groups in total. The van der Waals surface area contributed by atoms with Crippen molar-refractivity contribution in [3.8, 4) is 0 Å². The highest BCUT2D eigenvalue weighted by Crippen LogP contribution is 2.31. The van der Waals surface area contributed by atoms with Crippen LogP contribution in [-0.2, 0) is 28.9 Å². The Morgan fingerprint density at radius 2 is 1.42 bits per heavy atom. The second-order valence-electron chi connectivity index (χ2n) is 13.0. The van der Waals surface area contributed by atoms with Gasteiger partial charge >= 0.3 is 6.09 Å². The molecule has 0 aliphatic heterocycles. The van der Waals surface area contributed by atoms with Gasteiger partial charge in [-0.15, -0.1) is 5.10 Å². The third kappa shape index (κ3) is 7.69. The summed E-state index contributed by atoms with van der Waals surface area (Å²) in [6.45, 7) is 7.84. The molecule has 0 aliphatic rings. The lowest BCUT2D eigenvalue weighted by atomic mass is 10.00. The second-order valence-corrected chi connectivity index (χ2v) is 13.0. The normalized spacial score (nSPS) is 12.8. The highest BCUT2D eigenvalue weighted by molar-refractivity contribution is 6.01. The summed E-state index contributed by atoms with van der Waals surface area (Å²) in [6, 6.07) is 36.7. The van der Waals surface area contributed by atoms with E-state index in [0.29, 0.717) is 18.1 Å². The van der Waals surface area contributed by atoms with E-state index in [4.69, 9.17) is 4.74 Å². The Bertz CT molecular complexity index is 2030. The number of rotatable bonds is 10. The molecule has 1 heterocycles. The van der Waals surface area contributed by atoms with Crippen LogP contribution in [0.15, 0.2) is 115 Å². The number of benzene rings is 5. The number of aryl methyl sites for hydroxylation is 2. The summed E-state index contributed by atoms with van der Waals surface area (Å²) in [4.78, 5) is 29.9. The van der Waals surface area contributed by atoms with Gasteiger partial charge in [0.1, 0.15) is 11.6 Å². The van der Waals surface area contributed by atoms with Gasteiger partial charge in [-0.1, -0.05) is 103 Å². The number of alkyl carbamates (subject to hydrolysis) is 1. The minimum atomic E-state index is -0.955. The summed E-state index contributed by atoms with van der Waals surface area (Å²) in [5.74, 6) is 0.226. The van der Waals surface area contributed by atoms with E-state index in [1.54, 1.807) is 30.4 Å². The molecule has 0 bridgehead atoms. The number of amides is 2. The SMILES string of the molecule is CC(c1nnnn1CCc1ccccc1)N(C(=O)[C@@H](Cc1ccc2ccccc2c1)NC(=O)OC(C)(C)C)c1ccc2ccccc2c1. The fraction of sp³-hybridized carbons (Fsp3) is 0.256. The van der Waals surface area contributed by atoms with Gasteiger partial charge in [-0.25, -0.2) is 9.48 Å². The Kier molecular flexibility index (Phi) is 9.48. The zero-order valence-corrected chi connectivity index (χ0v) is 27.7. The van der Waals surface area contributed by atoms with Crippen LogP contribution >= 0.6 is 0 Å². The summed E-state index contributed by atoms with van der Waals surface area (Å²) in [7, 11) is 0. The zero-order valence-electron chi connectivity index (χ0n) is 27.7. The van der Waals surface area contributed by atoms with Gasteiger partial charge in [0.05, 0.1) is 6.04 Å². The van der Waals surface area contributed by atoms with Gasteiger partial charge in [0.25, 0.3) is 5.91 Å². The quantitative estimate of drug-likeness (QED) is 0.167. The number of carbonyl (C=O) groups excluding carboxylic acids is 2. The van der Waals surface area contributed by atoms with Crippen molar-refractivity contribution in [2.24, 2.45) is 0 Å². The predicted molar refractivity (Wildman–Crippen MR) is 189 cm³/mol. The lowest BCUT2D eigenvalue weighted by Crippen LogP contribution is -2.52. The number of hydrogen-bond donors (Lipinski definition) is 1. The van der Waals surface area contributed by atoms with E-state index >= 15 is 0 Å². The van der Waals surface area contributed by atoms with Crippen molar-refractivity contribution >= 4 is 39.2 Å². The van der Waals surface area contributed by atoms with E-state index in [2.05, 4.69) is 39.0 Å². The topological polar surface area (TPSA) is 102 Å². The van der Waals surface area contributed by atoms with Gasteiger partial charge in [0.15, 0.2) is 5.82 Å². The Hall–Kier alpha value is -5.57. The molecule has 9 heteroatoms. The molecular formula is C39H40N6O3. The molecule has 5 aromatic carbocycles. The molecule has 6 aromatic rings. The molecule has 0 spiro atoms. The second kappa shape index (κ2) is 14.0. The highest BCUT2D eigenvalue weighted by atomic mass is 16.6. The maximum Gasteiger partial charge on any atom is 0.408 e. The van der Waals surface area contributed by atoms with Gasteiger partial charge in [0.2, 0.25) is 0 Å². The molecule has 48 heavy (non-hydrogen) atoms. The van der Waals surface area contributed by atoms with Gasteiger partial charge in [-0.05, 0) is 89.3 Å². The molecule has 2 atom stereocenters. The minimum absolute atomic E-state index is 0.249. The number of fused-ring (bicyclic) bond motifs is 2. The largest absolute Gasteiger partial charge is 0.444 e. The van der Waals surface area contributed by atoms with Crippen LogP contribution in [0.1, 0.15) is 50.7 Å². The first-order valence-corrected chi connectivity index (χ1v) is 16.2. The lowest BCUT2D eigenvalue weighted by molar-refractivity contribution is -0.121.